The Hall–Kier alpha value is -2.37. The summed E-state index contributed by atoms with van der Waals surface area (Å²) >= 11 is 12.2. The van der Waals surface area contributed by atoms with Crippen molar-refractivity contribution >= 4 is 35.1 Å². The number of ether oxygens (including phenoxy) is 1. The standard InChI is InChI=1S/C28H33Cl2F4N3O4/c1-4-41-25(40)27(3)7-5-16(6-8-27)37-23(28(32,33)34)17(14-35-37)24(39)36-21(26(2)9-10-26)13-20(38)22-18(29)11-15(31)12-19(22)30/h11-12,14,16,20-21,38H,4-10,13H2,1-3H3,(H,36,39). The van der Waals surface area contributed by atoms with Gasteiger partial charge in [0.2, 0.25) is 0 Å². The van der Waals surface area contributed by atoms with Crippen LogP contribution in [0.4, 0.5) is 17.6 Å². The molecule has 1 aromatic carbocycles. The number of esters is 1. The second-order valence-electron chi connectivity index (χ2n) is 11.6. The topological polar surface area (TPSA) is 93.5 Å². The van der Waals surface area contributed by atoms with E-state index in [1.807, 2.05) is 6.92 Å². The summed E-state index contributed by atoms with van der Waals surface area (Å²) in [5.41, 5.74) is -2.97. The Labute approximate surface area is 245 Å². The number of rotatable bonds is 9. The fourth-order valence-corrected chi connectivity index (χ4v) is 6.31. The lowest BCUT2D eigenvalue weighted by Crippen LogP contribution is -2.42. The molecule has 0 spiro atoms. The molecule has 1 aromatic heterocycles. The molecule has 2 aliphatic carbocycles. The van der Waals surface area contributed by atoms with E-state index in [0.717, 1.165) is 23.0 Å². The zero-order valence-electron chi connectivity index (χ0n) is 23.0. The van der Waals surface area contributed by atoms with Crippen molar-refractivity contribution in [2.45, 2.75) is 90.1 Å². The number of hydrogen-bond acceptors (Lipinski definition) is 5. The van der Waals surface area contributed by atoms with E-state index in [2.05, 4.69) is 10.4 Å². The first-order chi connectivity index (χ1) is 19.1. The number of aliphatic hydroxyl groups is 1. The number of aromatic nitrogens is 2. The second kappa shape index (κ2) is 11.7. The summed E-state index contributed by atoms with van der Waals surface area (Å²) < 4.78 is 62.7. The predicted molar refractivity (Wildman–Crippen MR) is 144 cm³/mol. The predicted octanol–water partition coefficient (Wildman–Crippen LogP) is 7.05. The van der Waals surface area contributed by atoms with Crippen molar-refractivity contribution in [3.05, 3.63) is 51.0 Å². The van der Waals surface area contributed by atoms with Crippen LogP contribution < -0.4 is 5.32 Å². The van der Waals surface area contributed by atoms with Gasteiger partial charge in [0, 0.05) is 11.6 Å². The molecule has 41 heavy (non-hydrogen) atoms. The summed E-state index contributed by atoms with van der Waals surface area (Å²) in [7, 11) is 0. The van der Waals surface area contributed by atoms with E-state index in [4.69, 9.17) is 27.9 Å². The number of hydrogen-bond donors (Lipinski definition) is 2. The van der Waals surface area contributed by atoms with Gasteiger partial charge in [0.25, 0.3) is 5.91 Å². The zero-order chi connectivity index (χ0) is 30.3. The van der Waals surface area contributed by atoms with E-state index >= 15 is 0 Å². The molecular weight excluding hydrogens is 589 g/mol. The number of alkyl halides is 3. The Morgan fingerprint density at radius 2 is 1.76 bits per heavy atom. The smallest absolute Gasteiger partial charge is 0.433 e. The first-order valence-electron chi connectivity index (χ1n) is 13.5. The van der Waals surface area contributed by atoms with Gasteiger partial charge in [-0.2, -0.15) is 18.3 Å². The second-order valence-corrected chi connectivity index (χ2v) is 12.4. The van der Waals surface area contributed by atoms with Crippen LogP contribution in [-0.4, -0.2) is 39.4 Å². The normalized spacial score (nSPS) is 23.5. The lowest BCUT2D eigenvalue weighted by molar-refractivity contribution is -0.157. The SMILES string of the molecule is CCOC(=O)C1(C)CCC(n2ncc(C(=O)NC(CC(O)c3c(Cl)cc(F)cc3Cl)C3(C)CC3)c2C(F)(F)F)CC1. The molecule has 4 rings (SSSR count). The third kappa shape index (κ3) is 6.67. The van der Waals surface area contributed by atoms with E-state index in [0.29, 0.717) is 25.7 Å². The van der Waals surface area contributed by atoms with Crippen LogP contribution in [0, 0.1) is 16.6 Å². The summed E-state index contributed by atoms with van der Waals surface area (Å²) in [6, 6.07) is 0.620. The average molecular weight is 622 g/mol. The molecule has 1 heterocycles. The van der Waals surface area contributed by atoms with Gasteiger partial charge < -0.3 is 15.2 Å². The third-order valence-electron chi connectivity index (χ3n) is 8.50. The number of amides is 1. The number of carbonyl (C=O) groups is 2. The van der Waals surface area contributed by atoms with Crippen molar-refractivity contribution in [2.24, 2.45) is 10.8 Å². The minimum atomic E-state index is -4.88. The monoisotopic (exact) mass is 621 g/mol. The lowest BCUT2D eigenvalue weighted by atomic mass is 9.74. The molecule has 2 saturated carbocycles. The summed E-state index contributed by atoms with van der Waals surface area (Å²) in [4.78, 5) is 25.7. The molecule has 0 saturated heterocycles. The van der Waals surface area contributed by atoms with E-state index in [1.54, 1.807) is 13.8 Å². The van der Waals surface area contributed by atoms with E-state index in [9.17, 15) is 32.3 Å². The van der Waals surface area contributed by atoms with Gasteiger partial charge in [-0.3, -0.25) is 14.3 Å². The van der Waals surface area contributed by atoms with Gasteiger partial charge in [0.15, 0.2) is 5.69 Å². The number of nitrogens with one attached hydrogen (secondary N) is 1. The van der Waals surface area contributed by atoms with Crippen LogP contribution in [0.2, 0.25) is 10.0 Å². The molecule has 2 unspecified atom stereocenters. The molecule has 226 valence electrons. The number of aliphatic hydroxyl groups excluding tert-OH is 1. The Morgan fingerprint density at radius 1 is 1.17 bits per heavy atom. The minimum absolute atomic E-state index is 0.0779. The van der Waals surface area contributed by atoms with Gasteiger partial charge in [0.1, 0.15) is 5.82 Å². The molecule has 2 N–H and O–H groups in total. The van der Waals surface area contributed by atoms with Crippen LogP contribution >= 0.6 is 23.2 Å². The van der Waals surface area contributed by atoms with Gasteiger partial charge in [-0.15, -0.1) is 0 Å². The Morgan fingerprint density at radius 3 is 2.27 bits per heavy atom. The molecule has 7 nitrogen and oxygen atoms in total. The highest BCUT2D eigenvalue weighted by Gasteiger charge is 2.48. The zero-order valence-corrected chi connectivity index (χ0v) is 24.5. The summed E-state index contributed by atoms with van der Waals surface area (Å²) in [5, 5.41) is 17.4. The van der Waals surface area contributed by atoms with Gasteiger partial charge in [0.05, 0.1) is 46.0 Å². The van der Waals surface area contributed by atoms with Gasteiger partial charge in [-0.05, 0) is 76.3 Å². The number of benzene rings is 1. The van der Waals surface area contributed by atoms with E-state index < -0.39 is 58.2 Å². The van der Waals surface area contributed by atoms with E-state index in [1.165, 1.54) is 0 Å². The lowest BCUT2D eigenvalue weighted by Gasteiger charge is -2.35. The maximum atomic E-state index is 14.4. The number of halogens is 6. The quantitative estimate of drug-likeness (QED) is 0.231. The fraction of sp³-hybridized carbons (Fsp3) is 0.607. The highest BCUT2D eigenvalue weighted by molar-refractivity contribution is 6.36. The molecule has 2 atom stereocenters. The van der Waals surface area contributed by atoms with Crippen LogP contribution in [0.1, 0.15) is 99.5 Å². The molecule has 13 heteroatoms. The van der Waals surface area contributed by atoms with Crippen molar-refractivity contribution in [3.63, 3.8) is 0 Å². The number of carbonyl (C=O) groups excluding carboxylic acids is 2. The highest BCUT2D eigenvalue weighted by Crippen LogP contribution is 2.51. The van der Waals surface area contributed by atoms with Gasteiger partial charge in [-0.25, -0.2) is 4.39 Å². The molecule has 0 aliphatic heterocycles. The van der Waals surface area contributed by atoms with Crippen LogP contribution in [0.5, 0.6) is 0 Å². The van der Waals surface area contributed by atoms with Crippen molar-refractivity contribution in [3.8, 4) is 0 Å². The Balaban J connectivity index is 1.56. The summed E-state index contributed by atoms with van der Waals surface area (Å²) in [6.45, 7) is 5.51. The van der Waals surface area contributed by atoms with Crippen molar-refractivity contribution < 1.29 is 37.0 Å². The number of nitrogens with zero attached hydrogens (tertiary/aromatic N) is 2. The maximum absolute atomic E-state index is 14.4. The largest absolute Gasteiger partial charge is 0.466 e. The van der Waals surface area contributed by atoms with Crippen LogP contribution in [0.3, 0.4) is 0 Å². The molecular formula is C28H33Cl2F4N3O4. The molecule has 1 amide bonds. The average Bonchev–Trinajstić information content (AvgIpc) is 3.45. The van der Waals surface area contributed by atoms with Crippen molar-refractivity contribution in [1.82, 2.24) is 15.1 Å². The molecule has 2 aliphatic rings. The van der Waals surface area contributed by atoms with Crippen molar-refractivity contribution in [1.29, 1.82) is 0 Å². The fourth-order valence-electron chi connectivity index (χ4n) is 5.59. The van der Waals surface area contributed by atoms with Gasteiger partial charge >= 0.3 is 12.1 Å². The molecule has 2 fully saturated rings. The van der Waals surface area contributed by atoms with E-state index in [-0.39, 0.29) is 47.4 Å². The summed E-state index contributed by atoms with van der Waals surface area (Å²) in [6.07, 6.45) is -2.85. The van der Waals surface area contributed by atoms with Gasteiger partial charge in [-0.1, -0.05) is 30.1 Å². The molecule has 0 radical (unpaired) electrons. The first kappa shape index (κ1) is 31.6. The first-order valence-corrected chi connectivity index (χ1v) is 14.3. The van der Waals surface area contributed by atoms with Crippen LogP contribution in [0.25, 0.3) is 0 Å². The maximum Gasteiger partial charge on any atom is 0.433 e. The molecule has 0 bridgehead atoms. The van der Waals surface area contributed by atoms with Crippen LogP contribution in [-0.2, 0) is 15.7 Å². The Kier molecular flexibility index (Phi) is 9.02. The third-order valence-corrected chi connectivity index (χ3v) is 9.13. The Bertz CT molecular complexity index is 1280. The highest BCUT2D eigenvalue weighted by atomic mass is 35.5. The minimum Gasteiger partial charge on any atom is -0.466 e. The molecule has 2 aromatic rings. The van der Waals surface area contributed by atoms with Crippen LogP contribution in [0.15, 0.2) is 18.3 Å². The van der Waals surface area contributed by atoms with Crippen molar-refractivity contribution in [2.75, 3.05) is 6.61 Å². The summed E-state index contributed by atoms with van der Waals surface area (Å²) in [5.74, 6) is -2.03.